The lowest BCUT2D eigenvalue weighted by atomic mass is 9.77. The van der Waals surface area contributed by atoms with Crippen molar-refractivity contribution in [1.29, 1.82) is 0 Å². The first-order chi connectivity index (χ1) is 49.7. The second-order valence-corrected chi connectivity index (χ2v) is 35.3. The number of amides is 4. The largest absolute Gasteiger partial charge is 0.496 e. The van der Waals surface area contributed by atoms with E-state index in [1.807, 2.05) is 57.2 Å². The van der Waals surface area contributed by atoms with Gasteiger partial charge in [0, 0.05) is 59.6 Å². The molecule has 7 fully saturated rings. The Bertz CT molecular complexity index is 4240. The number of fused-ring (bicyclic) bond motifs is 6. The van der Waals surface area contributed by atoms with E-state index in [9.17, 15) is 55.2 Å². The number of ketones is 2. The van der Waals surface area contributed by atoms with Crippen molar-refractivity contribution < 1.29 is 83.6 Å². The number of carbonyl (C=O) groups is 8. The molecule has 4 aliphatic heterocycles. The van der Waals surface area contributed by atoms with Gasteiger partial charge in [0.25, 0.3) is 0 Å². The van der Waals surface area contributed by atoms with Crippen LogP contribution in [0.3, 0.4) is 0 Å². The van der Waals surface area contributed by atoms with Crippen LogP contribution >= 0.6 is 0 Å². The van der Waals surface area contributed by atoms with Crippen LogP contribution in [0.25, 0.3) is 21.5 Å². The van der Waals surface area contributed by atoms with Crippen LogP contribution in [-0.4, -0.2) is 159 Å². The van der Waals surface area contributed by atoms with Gasteiger partial charge in [-0.2, -0.15) is 0 Å². The Morgan fingerprint density at radius 1 is 0.587 bits per heavy atom. The van der Waals surface area contributed by atoms with Crippen molar-refractivity contribution in [3.63, 3.8) is 0 Å². The first-order valence-electron chi connectivity index (χ1n) is 37.3. The summed E-state index contributed by atoms with van der Waals surface area (Å²) < 4.78 is 91.3. The van der Waals surface area contributed by atoms with Crippen molar-refractivity contribution in [2.75, 3.05) is 40.5 Å². The number of hydrogen-bond donors (Lipinski definition) is 2. The SMILES string of the molecule is C=C[C@@H]1C[C@]1(CC(=O)[C@@H]1C[C@@H]2CN1C(=O)[C@H](C(C)(C)C)CC(=O)OCCCCCc1cc(OC)c3ccnc(c3c1)O2)C(=O)NS(=O)(=O)C1CC1.C=C[C@@H]1C[C@]1(CC(=O)[C@@H]1C[C@@H]2CN1C(=O)[C@H](C1CCCCC1)CC(=O)OCCCCCc1cc(OC)c3ccnc(c3c1)O2)C(=O)NS(=O)(=O)C1CC1. The van der Waals surface area contributed by atoms with Crippen LogP contribution in [0, 0.1) is 45.8 Å². The fraction of sp³-hybridized carbons (Fsp3) is 0.615. The predicted octanol–water partition coefficient (Wildman–Crippen LogP) is 9.88. The minimum absolute atomic E-state index is 0.0333. The van der Waals surface area contributed by atoms with Crippen molar-refractivity contribution in [2.45, 2.75) is 216 Å². The van der Waals surface area contributed by atoms with Crippen LogP contribution < -0.4 is 28.4 Å². The number of methoxy groups -OCH3 is 2. The van der Waals surface area contributed by atoms with E-state index in [0.29, 0.717) is 61.8 Å². The van der Waals surface area contributed by atoms with E-state index in [0.717, 1.165) is 103 Å². The van der Waals surface area contributed by atoms with E-state index in [2.05, 4.69) is 32.6 Å². The van der Waals surface area contributed by atoms with E-state index in [1.54, 1.807) is 43.7 Å². The molecular weight excluding hydrogens is 1370 g/mol. The van der Waals surface area contributed by atoms with Crippen LogP contribution in [0.5, 0.6) is 23.3 Å². The minimum Gasteiger partial charge on any atom is -0.496 e. The van der Waals surface area contributed by atoms with E-state index < -0.39 is 113 Å². The third-order valence-electron chi connectivity index (χ3n) is 23.1. The topological polar surface area (TPSA) is 317 Å². The lowest BCUT2D eigenvalue weighted by molar-refractivity contribution is -0.153. The van der Waals surface area contributed by atoms with Gasteiger partial charge in [-0.05, 0) is 173 Å². The average molecular weight is 1470 g/mol. The monoisotopic (exact) mass is 1470 g/mol. The molecule has 8 bridgehead atoms. The van der Waals surface area contributed by atoms with Crippen molar-refractivity contribution in [3.05, 3.63) is 85.2 Å². The lowest BCUT2D eigenvalue weighted by Crippen LogP contribution is -2.48. The van der Waals surface area contributed by atoms with Gasteiger partial charge < -0.3 is 38.2 Å². The Morgan fingerprint density at radius 2 is 1.02 bits per heavy atom. The molecule has 2 saturated heterocycles. The van der Waals surface area contributed by atoms with Crippen LogP contribution in [0.2, 0.25) is 0 Å². The van der Waals surface area contributed by atoms with Gasteiger partial charge in [-0.25, -0.2) is 26.8 Å². The fourth-order valence-corrected chi connectivity index (χ4v) is 19.2. The van der Waals surface area contributed by atoms with Crippen molar-refractivity contribution >= 4 is 88.7 Å². The molecule has 6 heterocycles. The highest BCUT2D eigenvalue weighted by Crippen LogP contribution is 2.58. The van der Waals surface area contributed by atoms with Crippen LogP contribution in [-0.2, 0) is 80.7 Å². The molecule has 4 aromatic rings. The van der Waals surface area contributed by atoms with Crippen molar-refractivity contribution in [3.8, 4) is 23.3 Å². The zero-order chi connectivity index (χ0) is 74.0. The summed E-state index contributed by atoms with van der Waals surface area (Å²) in [4.78, 5) is 124. The maximum atomic E-state index is 14.8. The number of nitrogens with zero attached hydrogens (tertiary/aromatic N) is 4. The molecule has 0 spiro atoms. The van der Waals surface area contributed by atoms with Gasteiger partial charge in [-0.15, -0.1) is 13.2 Å². The number of hydrogen-bond acceptors (Lipinski definition) is 20. The number of sulfonamides is 2. The van der Waals surface area contributed by atoms with Gasteiger partial charge in [-0.1, -0.05) is 52.2 Å². The number of aryl methyl sites for hydroxylation is 2. The molecule has 5 aliphatic carbocycles. The summed E-state index contributed by atoms with van der Waals surface area (Å²) in [6, 6.07) is 9.87. The molecule has 24 nitrogen and oxygen atoms in total. The molecule has 104 heavy (non-hydrogen) atoms. The summed E-state index contributed by atoms with van der Waals surface area (Å²) in [5, 5.41) is 1.97. The predicted molar refractivity (Wildman–Crippen MR) is 386 cm³/mol. The fourth-order valence-electron chi connectivity index (χ4n) is 16.4. The lowest BCUT2D eigenvalue weighted by Gasteiger charge is -2.34. The summed E-state index contributed by atoms with van der Waals surface area (Å²) >= 11 is 0. The quantitative estimate of drug-likeness (QED) is 0.0733. The number of pyridine rings is 2. The van der Waals surface area contributed by atoms with Gasteiger partial charge in [-0.3, -0.25) is 47.8 Å². The van der Waals surface area contributed by atoms with Crippen LogP contribution in [0.4, 0.5) is 0 Å². The number of carbonyl (C=O) groups excluding carboxylic acids is 8. The average Bonchev–Trinajstić information content (AvgIpc) is 1.54. The highest BCUT2D eigenvalue weighted by atomic mass is 32.2. The van der Waals surface area contributed by atoms with E-state index in [1.165, 1.54) is 4.90 Å². The van der Waals surface area contributed by atoms with Gasteiger partial charge >= 0.3 is 11.9 Å². The summed E-state index contributed by atoms with van der Waals surface area (Å²) in [7, 11) is -4.45. The number of rotatable bonds is 17. The standard InChI is InChI=1S/C40H51N3O9S.C38H49N3O9S/c1-3-27-22-40(27,39(47)42-53(48,49)29-13-14-29)23-34(44)33-20-28-24-43(33)38(46)31(26-11-7-4-8-12-26)21-36(45)51-17-9-5-6-10-25-18-32-30(35(19-25)50-2)15-16-41-37(32)52-28;1-6-24-20-38(24,36(45)40-51(46,47)26-11-12-26)21-31(42)30-18-25-22-41(30)35(44)29(37(2,3)4)19-33(43)49-15-9-7-8-10-23-16-28-27(32(17-23)48-5)13-14-39-34(28)50-25/h3,15-16,18-19,26-29,31,33H,1,4-14,17,20-24H2,2H3,(H,42,47);6,13-14,16-17,24-26,29-30H,1,7-12,15,18-22H2,2-5H3,(H,40,45)/t27-,28-,31+,33+,40-;24-,25-,29-,30+,38-/m11/s1. The Balaban J connectivity index is 0.000000196. The second kappa shape index (κ2) is 31.2. The number of Topliss-reactive ketones (excluding diaryl/α,β-unsaturated/α-hetero) is 2. The molecule has 10 atom stereocenters. The maximum absolute atomic E-state index is 14.8. The highest BCUT2D eigenvalue weighted by molar-refractivity contribution is 7.91. The molecule has 4 amide bonds. The normalized spacial score (nSPS) is 28.2. The molecule has 562 valence electrons. The molecule has 9 aliphatic rings. The third-order valence-corrected chi connectivity index (χ3v) is 26.7. The number of cyclic esters (lactones) is 2. The molecule has 13 rings (SSSR count). The zero-order valence-electron chi connectivity index (χ0n) is 60.5. The third kappa shape index (κ3) is 16.8. The minimum atomic E-state index is -3.84. The van der Waals surface area contributed by atoms with E-state index >= 15 is 0 Å². The zero-order valence-corrected chi connectivity index (χ0v) is 62.1. The van der Waals surface area contributed by atoms with Crippen molar-refractivity contribution in [2.24, 2.45) is 45.8 Å². The second-order valence-electron chi connectivity index (χ2n) is 31.4. The van der Waals surface area contributed by atoms with Gasteiger partial charge in [0.05, 0.1) is 98.6 Å². The molecule has 0 radical (unpaired) electrons. The number of aromatic nitrogens is 2. The number of allylic oxidation sites excluding steroid dienone is 2. The molecule has 2 aromatic carbocycles. The summed E-state index contributed by atoms with van der Waals surface area (Å²) in [5.41, 5.74) is -1.12. The summed E-state index contributed by atoms with van der Waals surface area (Å²) in [6.07, 6.45) is 18.2. The summed E-state index contributed by atoms with van der Waals surface area (Å²) in [6.45, 7) is 13.9. The number of esters is 2. The van der Waals surface area contributed by atoms with E-state index in [4.69, 9.17) is 28.4 Å². The molecule has 0 unspecified atom stereocenters. The van der Waals surface area contributed by atoms with Crippen LogP contribution in [0.15, 0.2) is 74.1 Å². The number of benzene rings is 2. The first-order valence-corrected chi connectivity index (χ1v) is 40.4. The molecule has 2 aromatic heterocycles. The Kier molecular flexibility index (Phi) is 22.7. The van der Waals surface area contributed by atoms with Crippen molar-refractivity contribution in [1.82, 2.24) is 29.2 Å². The van der Waals surface area contributed by atoms with Gasteiger partial charge in [0.15, 0.2) is 11.6 Å². The van der Waals surface area contributed by atoms with E-state index in [-0.39, 0.29) is 113 Å². The maximum Gasteiger partial charge on any atom is 0.306 e. The molecule has 5 saturated carbocycles. The van der Waals surface area contributed by atoms with Gasteiger partial charge in [0.1, 0.15) is 23.7 Å². The van der Waals surface area contributed by atoms with Crippen LogP contribution in [0.1, 0.15) is 180 Å². The Hall–Kier alpha value is -8.00. The Labute approximate surface area is 609 Å². The molecule has 26 heteroatoms. The Morgan fingerprint density at radius 3 is 1.43 bits per heavy atom. The molecule has 2 N–H and O–H groups in total. The smallest absolute Gasteiger partial charge is 0.306 e. The molecular formula is C78H100N6O18S2. The first kappa shape index (κ1) is 75.7. The van der Waals surface area contributed by atoms with Gasteiger partial charge in [0.2, 0.25) is 55.4 Å². The number of ether oxygens (including phenoxy) is 6. The summed E-state index contributed by atoms with van der Waals surface area (Å²) in [5.74, 6) is -3.90. The highest BCUT2D eigenvalue weighted by Gasteiger charge is 2.63. The number of nitrogens with one attached hydrogen (secondary N) is 2.